The van der Waals surface area contributed by atoms with Crippen LogP contribution in [0.3, 0.4) is 0 Å². The van der Waals surface area contributed by atoms with Gasteiger partial charge in [-0.05, 0) is 53.8 Å². The number of phenolic OH excluding ortho intramolecular Hbond substituents is 2. The van der Waals surface area contributed by atoms with Gasteiger partial charge in [0.05, 0.1) is 6.04 Å². The summed E-state index contributed by atoms with van der Waals surface area (Å²) in [5.74, 6) is -4.42. The average molecular weight is 620 g/mol. The summed E-state index contributed by atoms with van der Waals surface area (Å²) in [4.78, 5) is 63.5. The van der Waals surface area contributed by atoms with Crippen molar-refractivity contribution in [2.75, 3.05) is 0 Å². The molecule has 0 aliphatic rings. The molecule has 3 aromatic carbocycles. The summed E-state index contributed by atoms with van der Waals surface area (Å²) < 4.78 is 0. The first-order valence-corrected chi connectivity index (χ1v) is 14.2. The molecular formula is C32H37N5O8. The van der Waals surface area contributed by atoms with Crippen LogP contribution in [-0.2, 0) is 43.2 Å². The average Bonchev–Trinajstić information content (AvgIpc) is 3.00. The van der Waals surface area contributed by atoms with Crippen LogP contribution in [-0.4, -0.2) is 69.1 Å². The Bertz CT molecular complexity index is 1470. The Morgan fingerprint density at radius 3 is 1.56 bits per heavy atom. The second-order valence-electron chi connectivity index (χ2n) is 10.6. The number of carboxylic acid groups (broad SMARTS) is 1. The number of carbonyl (C=O) groups is 5. The van der Waals surface area contributed by atoms with Crippen LogP contribution in [0.15, 0.2) is 78.9 Å². The van der Waals surface area contributed by atoms with Crippen molar-refractivity contribution in [3.63, 3.8) is 0 Å². The summed E-state index contributed by atoms with van der Waals surface area (Å²) in [6.45, 7) is 0. The Hall–Kier alpha value is -5.43. The summed E-state index contributed by atoms with van der Waals surface area (Å²) in [6, 6.07) is 15.7. The largest absolute Gasteiger partial charge is 0.508 e. The third kappa shape index (κ3) is 11.3. The molecule has 0 saturated carbocycles. The molecule has 10 N–H and O–H groups in total. The van der Waals surface area contributed by atoms with Crippen LogP contribution in [0.1, 0.15) is 29.5 Å². The van der Waals surface area contributed by atoms with Gasteiger partial charge in [-0.2, -0.15) is 0 Å². The van der Waals surface area contributed by atoms with Crippen molar-refractivity contribution in [3.8, 4) is 11.5 Å². The van der Waals surface area contributed by atoms with E-state index < -0.39 is 53.8 Å². The molecule has 0 radical (unpaired) electrons. The number of benzene rings is 3. The lowest BCUT2D eigenvalue weighted by Gasteiger charge is -2.25. The van der Waals surface area contributed by atoms with Crippen LogP contribution in [0.4, 0.5) is 0 Å². The summed E-state index contributed by atoms with van der Waals surface area (Å²) >= 11 is 0. The number of hydrogen-bond donors (Lipinski definition) is 8. The minimum absolute atomic E-state index is 0.00264. The van der Waals surface area contributed by atoms with E-state index in [0.717, 1.165) is 5.56 Å². The molecule has 0 spiro atoms. The lowest BCUT2D eigenvalue weighted by atomic mass is 10.0. The molecule has 4 atom stereocenters. The number of carboxylic acids is 1. The fourth-order valence-corrected chi connectivity index (χ4v) is 4.48. The van der Waals surface area contributed by atoms with Crippen LogP contribution in [0, 0.1) is 0 Å². The zero-order valence-electron chi connectivity index (χ0n) is 24.4. The van der Waals surface area contributed by atoms with Gasteiger partial charge in [-0.1, -0.05) is 54.6 Å². The zero-order chi connectivity index (χ0) is 32.9. The number of amides is 4. The molecule has 0 aliphatic heterocycles. The van der Waals surface area contributed by atoms with Gasteiger partial charge < -0.3 is 42.7 Å². The molecule has 4 amide bonds. The maximum Gasteiger partial charge on any atom is 0.326 e. The zero-order valence-corrected chi connectivity index (χ0v) is 24.4. The first kappa shape index (κ1) is 34.1. The molecule has 3 rings (SSSR count). The number of aromatic hydroxyl groups is 2. The fraction of sp³-hybridized carbons (Fsp3) is 0.281. The number of hydrogen-bond acceptors (Lipinski definition) is 8. The van der Waals surface area contributed by atoms with Gasteiger partial charge in [0.15, 0.2) is 0 Å². The monoisotopic (exact) mass is 619 g/mol. The minimum Gasteiger partial charge on any atom is -0.508 e. The normalized spacial score (nSPS) is 13.4. The smallest absolute Gasteiger partial charge is 0.326 e. The summed E-state index contributed by atoms with van der Waals surface area (Å²) in [7, 11) is 0. The molecule has 238 valence electrons. The summed E-state index contributed by atoms with van der Waals surface area (Å²) in [6.07, 6.45) is -0.520. The lowest BCUT2D eigenvalue weighted by molar-refractivity contribution is -0.142. The van der Waals surface area contributed by atoms with Crippen LogP contribution in [0.5, 0.6) is 11.5 Å². The van der Waals surface area contributed by atoms with E-state index in [1.54, 1.807) is 24.3 Å². The number of primary amides is 1. The van der Waals surface area contributed by atoms with E-state index in [1.807, 2.05) is 18.2 Å². The van der Waals surface area contributed by atoms with Crippen LogP contribution < -0.4 is 27.4 Å². The maximum absolute atomic E-state index is 13.6. The predicted octanol–water partition coefficient (Wildman–Crippen LogP) is 0.258. The van der Waals surface area contributed by atoms with E-state index >= 15 is 0 Å². The van der Waals surface area contributed by atoms with Gasteiger partial charge >= 0.3 is 5.97 Å². The maximum atomic E-state index is 13.6. The SMILES string of the molecule is NC(=O)CCC(NC(=O)C(Cc1ccc(O)cc1)NC(=O)C(N)Cc1ccccc1)C(=O)NC(Cc1ccc(O)cc1)C(=O)O. The standard InChI is InChI=1S/C32H37N5O8/c33-24(16-19-4-2-1-3-5-19)29(41)36-26(17-20-6-10-22(38)11-7-20)31(43)35-25(14-15-28(34)40)30(42)37-27(32(44)45)18-21-8-12-23(39)13-9-21/h1-13,24-27,38-39H,14-18,33H2,(H2,34,40)(H,35,43)(H,36,41)(H,37,42)(H,44,45). The van der Waals surface area contributed by atoms with Gasteiger partial charge in [0, 0.05) is 19.3 Å². The van der Waals surface area contributed by atoms with Crippen molar-refractivity contribution in [1.82, 2.24) is 16.0 Å². The van der Waals surface area contributed by atoms with Gasteiger partial charge in [0.1, 0.15) is 29.6 Å². The highest BCUT2D eigenvalue weighted by Gasteiger charge is 2.31. The molecule has 0 saturated heterocycles. The minimum atomic E-state index is -1.40. The Balaban J connectivity index is 1.79. The molecular weight excluding hydrogens is 582 g/mol. The van der Waals surface area contributed by atoms with Crippen LogP contribution in [0.25, 0.3) is 0 Å². The van der Waals surface area contributed by atoms with E-state index in [2.05, 4.69) is 16.0 Å². The topological polar surface area (TPSA) is 234 Å². The lowest BCUT2D eigenvalue weighted by Crippen LogP contribution is -2.58. The van der Waals surface area contributed by atoms with E-state index in [9.17, 15) is 39.3 Å². The molecule has 45 heavy (non-hydrogen) atoms. The molecule has 13 heteroatoms. The van der Waals surface area contributed by atoms with Gasteiger partial charge in [-0.15, -0.1) is 0 Å². The van der Waals surface area contributed by atoms with Gasteiger partial charge in [-0.3, -0.25) is 19.2 Å². The van der Waals surface area contributed by atoms with Crippen LogP contribution >= 0.6 is 0 Å². The second-order valence-corrected chi connectivity index (χ2v) is 10.6. The molecule has 13 nitrogen and oxygen atoms in total. The van der Waals surface area contributed by atoms with E-state index in [-0.39, 0.29) is 43.6 Å². The second kappa shape index (κ2) is 16.4. The highest BCUT2D eigenvalue weighted by molar-refractivity contribution is 5.94. The Kier molecular flexibility index (Phi) is 12.4. The first-order chi connectivity index (χ1) is 21.4. The highest BCUT2D eigenvalue weighted by atomic mass is 16.4. The quantitative estimate of drug-likeness (QED) is 0.110. The molecule has 0 bridgehead atoms. The third-order valence-electron chi connectivity index (χ3n) is 6.95. The predicted molar refractivity (Wildman–Crippen MR) is 164 cm³/mol. The van der Waals surface area contributed by atoms with Gasteiger partial charge in [-0.25, -0.2) is 4.79 Å². The number of aliphatic carboxylic acids is 1. The van der Waals surface area contributed by atoms with Gasteiger partial charge in [0.25, 0.3) is 0 Å². The Labute approximate surface area is 259 Å². The molecule has 0 aromatic heterocycles. The van der Waals surface area contributed by atoms with Crippen molar-refractivity contribution < 1.29 is 39.3 Å². The van der Waals surface area contributed by atoms with Gasteiger partial charge in [0.2, 0.25) is 23.6 Å². The van der Waals surface area contributed by atoms with Crippen molar-refractivity contribution in [2.45, 2.75) is 56.3 Å². The molecule has 0 aliphatic carbocycles. The van der Waals surface area contributed by atoms with Crippen molar-refractivity contribution in [3.05, 3.63) is 95.6 Å². The summed E-state index contributed by atoms with van der Waals surface area (Å²) in [5.41, 5.74) is 13.3. The fourth-order valence-electron chi connectivity index (χ4n) is 4.48. The van der Waals surface area contributed by atoms with E-state index in [4.69, 9.17) is 11.5 Å². The highest BCUT2D eigenvalue weighted by Crippen LogP contribution is 2.14. The van der Waals surface area contributed by atoms with E-state index in [0.29, 0.717) is 11.1 Å². The van der Waals surface area contributed by atoms with Crippen molar-refractivity contribution in [1.29, 1.82) is 0 Å². The molecule has 3 aromatic rings. The third-order valence-corrected chi connectivity index (χ3v) is 6.95. The van der Waals surface area contributed by atoms with Crippen molar-refractivity contribution in [2.24, 2.45) is 11.5 Å². The number of nitrogens with two attached hydrogens (primary N) is 2. The Morgan fingerprint density at radius 1 is 0.600 bits per heavy atom. The number of phenols is 2. The van der Waals surface area contributed by atoms with Crippen LogP contribution in [0.2, 0.25) is 0 Å². The molecule has 0 fully saturated rings. The number of rotatable bonds is 16. The van der Waals surface area contributed by atoms with Crippen molar-refractivity contribution >= 4 is 29.6 Å². The molecule has 0 heterocycles. The number of nitrogens with one attached hydrogen (secondary N) is 3. The molecule has 4 unspecified atom stereocenters. The van der Waals surface area contributed by atoms with E-state index in [1.165, 1.54) is 36.4 Å². The Morgan fingerprint density at radius 2 is 1.04 bits per heavy atom. The number of carbonyl (C=O) groups excluding carboxylic acids is 4. The summed E-state index contributed by atoms with van der Waals surface area (Å²) in [5, 5.41) is 36.4. The first-order valence-electron chi connectivity index (χ1n) is 14.2.